The molecule has 0 unspecified atom stereocenters. The lowest BCUT2D eigenvalue weighted by Gasteiger charge is -2.17. The summed E-state index contributed by atoms with van der Waals surface area (Å²) in [6, 6.07) is 17.5. The van der Waals surface area contributed by atoms with Crippen molar-refractivity contribution in [3.63, 3.8) is 0 Å². The molecule has 0 spiro atoms. The zero-order valence-electron chi connectivity index (χ0n) is 18.6. The molecule has 0 amide bonds. The molecule has 0 heterocycles. The SMILES string of the molecule is Cc1ccc(S(=O)(=O)OCCCCCS(=O)(=O)c2cccc3c(N(C)C)cccc23)cc1. The second kappa shape index (κ2) is 10.0. The topological polar surface area (TPSA) is 80.8 Å². The Morgan fingerprint density at radius 1 is 0.781 bits per heavy atom. The van der Waals surface area contributed by atoms with E-state index in [4.69, 9.17) is 4.18 Å². The van der Waals surface area contributed by atoms with Crippen molar-refractivity contribution >= 4 is 36.4 Å². The Morgan fingerprint density at radius 3 is 2.12 bits per heavy atom. The summed E-state index contributed by atoms with van der Waals surface area (Å²) in [7, 11) is -3.41. The van der Waals surface area contributed by atoms with Crippen LogP contribution in [-0.2, 0) is 24.1 Å². The molecule has 0 saturated carbocycles. The van der Waals surface area contributed by atoms with E-state index in [2.05, 4.69) is 0 Å². The van der Waals surface area contributed by atoms with Crippen LogP contribution >= 0.6 is 0 Å². The van der Waals surface area contributed by atoms with E-state index < -0.39 is 20.0 Å². The molecule has 0 aliphatic rings. The number of fused-ring (bicyclic) bond motifs is 1. The normalized spacial score (nSPS) is 12.2. The van der Waals surface area contributed by atoms with Gasteiger partial charge in [0.1, 0.15) is 0 Å². The summed E-state index contributed by atoms with van der Waals surface area (Å²) in [6.45, 7) is 1.90. The highest BCUT2D eigenvalue weighted by Crippen LogP contribution is 2.31. The van der Waals surface area contributed by atoms with Crippen molar-refractivity contribution in [2.24, 2.45) is 0 Å². The number of unbranched alkanes of at least 4 members (excludes halogenated alkanes) is 2. The van der Waals surface area contributed by atoms with Crippen LogP contribution in [0.3, 0.4) is 0 Å². The Hall–Kier alpha value is -2.42. The highest BCUT2D eigenvalue weighted by Gasteiger charge is 2.19. The van der Waals surface area contributed by atoms with Crippen LogP contribution in [0.2, 0.25) is 0 Å². The van der Waals surface area contributed by atoms with E-state index >= 15 is 0 Å². The van der Waals surface area contributed by atoms with E-state index in [1.165, 1.54) is 12.1 Å². The predicted molar refractivity (Wildman–Crippen MR) is 128 cm³/mol. The quantitative estimate of drug-likeness (QED) is 0.316. The number of anilines is 1. The summed E-state index contributed by atoms with van der Waals surface area (Å²) in [5.41, 5.74) is 1.93. The van der Waals surface area contributed by atoms with E-state index in [-0.39, 0.29) is 17.3 Å². The number of aryl methyl sites for hydroxylation is 1. The maximum atomic E-state index is 13.0. The van der Waals surface area contributed by atoms with Gasteiger partial charge in [0.15, 0.2) is 9.84 Å². The van der Waals surface area contributed by atoms with Gasteiger partial charge in [0.05, 0.1) is 22.2 Å². The first kappa shape index (κ1) is 24.2. The Bertz CT molecular complexity index is 1280. The standard InChI is InChI=1S/C24H29NO5S2/c1-19-13-15-20(16-14-19)32(28,29)30-17-5-4-6-18-31(26,27)24-12-8-9-21-22(24)10-7-11-23(21)25(2)3/h7-16H,4-6,17-18H2,1-3H3. The average molecular weight is 476 g/mol. The third-order valence-corrected chi connectivity index (χ3v) is 8.46. The molecular weight excluding hydrogens is 446 g/mol. The maximum absolute atomic E-state index is 13.0. The van der Waals surface area contributed by atoms with E-state index in [1.54, 1.807) is 24.3 Å². The van der Waals surface area contributed by atoms with Crippen LogP contribution in [0.4, 0.5) is 5.69 Å². The first-order valence-electron chi connectivity index (χ1n) is 10.5. The minimum Gasteiger partial charge on any atom is -0.377 e. The van der Waals surface area contributed by atoms with Crippen molar-refractivity contribution in [1.82, 2.24) is 0 Å². The number of nitrogens with zero attached hydrogens (tertiary/aromatic N) is 1. The van der Waals surface area contributed by atoms with Gasteiger partial charge in [-0.3, -0.25) is 4.18 Å². The summed E-state index contributed by atoms with van der Waals surface area (Å²) in [6.07, 6.45) is 1.44. The van der Waals surface area contributed by atoms with Crippen LogP contribution in [0.15, 0.2) is 70.5 Å². The molecule has 6 nitrogen and oxygen atoms in total. The van der Waals surface area contributed by atoms with E-state index in [1.807, 2.05) is 50.2 Å². The maximum Gasteiger partial charge on any atom is 0.296 e. The molecule has 32 heavy (non-hydrogen) atoms. The van der Waals surface area contributed by atoms with Crippen molar-refractivity contribution in [2.45, 2.75) is 36.0 Å². The zero-order chi connectivity index (χ0) is 23.4. The molecule has 3 rings (SSSR count). The number of rotatable bonds is 10. The van der Waals surface area contributed by atoms with Crippen LogP contribution in [-0.4, -0.2) is 43.3 Å². The second-order valence-corrected chi connectivity index (χ2v) is 11.7. The third-order valence-electron chi connectivity index (χ3n) is 5.28. The molecule has 0 aromatic heterocycles. The molecule has 0 aliphatic carbocycles. The van der Waals surface area contributed by atoms with Crippen LogP contribution < -0.4 is 4.90 Å². The minimum atomic E-state index is -3.79. The lowest BCUT2D eigenvalue weighted by Crippen LogP contribution is -2.11. The van der Waals surface area contributed by atoms with Crippen molar-refractivity contribution in [3.8, 4) is 0 Å². The molecule has 0 aliphatic heterocycles. The van der Waals surface area contributed by atoms with Gasteiger partial charge in [-0.15, -0.1) is 0 Å². The van der Waals surface area contributed by atoms with E-state index in [0.29, 0.717) is 29.5 Å². The summed E-state index contributed by atoms with van der Waals surface area (Å²) >= 11 is 0. The third kappa shape index (κ3) is 5.68. The van der Waals surface area contributed by atoms with E-state index in [0.717, 1.165) is 16.6 Å². The summed E-state index contributed by atoms with van der Waals surface area (Å²) in [5.74, 6) is 0.00299. The second-order valence-electron chi connectivity index (χ2n) is 7.99. The fraction of sp³-hybridized carbons (Fsp3) is 0.333. The molecule has 0 atom stereocenters. The minimum absolute atomic E-state index is 0.00299. The fourth-order valence-electron chi connectivity index (χ4n) is 3.55. The van der Waals surface area contributed by atoms with Crippen LogP contribution in [0.25, 0.3) is 10.8 Å². The zero-order valence-corrected chi connectivity index (χ0v) is 20.2. The smallest absolute Gasteiger partial charge is 0.296 e. The Kier molecular flexibility index (Phi) is 7.59. The average Bonchev–Trinajstić information content (AvgIpc) is 2.75. The van der Waals surface area contributed by atoms with Gasteiger partial charge in [-0.1, -0.05) is 48.4 Å². The highest BCUT2D eigenvalue weighted by atomic mass is 32.2. The first-order chi connectivity index (χ1) is 15.1. The fourth-order valence-corrected chi connectivity index (χ4v) is 6.09. The van der Waals surface area contributed by atoms with Crippen LogP contribution in [0.5, 0.6) is 0 Å². The van der Waals surface area contributed by atoms with Gasteiger partial charge >= 0.3 is 0 Å². The summed E-state index contributed by atoms with van der Waals surface area (Å²) in [4.78, 5) is 2.42. The monoisotopic (exact) mass is 475 g/mol. The van der Waals surface area contributed by atoms with Crippen LogP contribution in [0.1, 0.15) is 24.8 Å². The van der Waals surface area contributed by atoms with Crippen molar-refractivity contribution in [2.75, 3.05) is 31.4 Å². The Labute approximate surface area is 190 Å². The molecule has 0 N–H and O–H groups in total. The Balaban J connectivity index is 1.57. The molecule has 0 radical (unpaired) electrons. The lowest BCUT2D eigenvalue weighted by molar-refractivity contribution is 0.308. The molecule has 0 fully saturated rings. The van der Waals surface area contributed by atoms with Gasteiger partial charge in [-0.2, -0.15) is 8.42 Å². The van der Waals surface area contributed by atoms with Gasteiger partial charge in [-0.05, 0) is 44.0 Å². The van der Waals surface area contributed by atoms with Gasteiger partial charge in [0, 0.05) is 30.6 Å². The highest BCUT2D eigenvalue weighted by molar-refractivity contribution is 7.91. The van der Waals surface area contributed by atoms with Crippen molar-refractivity contribution in [3.05, 3.63) is 66.2 Å². The Morgan fingerprint density at radius 2 is 1.44 bits per heavy atom. The number of hydrogen-bond donors (Lipinski definition) is 0. The van der Waals surface area contributed by atoms with Gasteiger partial charge in [0.25, 0.3) is 10.1 Å². The molecular formula is C24H29NO5S2. The largest absolute Gasteiger partial charge is 0.377 e. The van der Waals surface area contributed by atoms with Gasteiger partial charge in [-0.25, -0.2) is 8.42 Å². The predicted octanol–water partition coefficient (Wildman–Crippen LogP) is 4.56. The molecule has 0 bridgehead atoms. The van der Waals surface area contributed by atoms with Gasteiger partial charge in [0.2, 0.25) is 0 Å². The van der Waals surface area contributed by atoms with Crippen molar-refractivity contribution in [1.29, 1.82) is 0 Å². The molecule has 0 saturated heterocycles. The lowest BCUT2D eigenvalue weighted by atomic mass is 10.1. The number of benzene rings is 3. The molecule has 8 heteroatoms. The first-order valence-corrected chi connectivity index (χ1v) is 13.6. The summed E-state index contributed by atoms with van der Waals surface area (Å²) < 4.78 is 55.5. The van der Waals surface area contributed by atoms with Gasteiger partial charge < -0.3 is 4.90 Å². The summed E-state index contributed by atoms with van der Waals surface area (Å²) in [5, 5.41) is 1.61. The molecule has 3 aromatic rings. The number of sulfone groups is 1. The van der Waals surface area contributed by atoms with Crippen molar-refractivity contribution < 1.29 is 21.0 Å². The molecule has 172 valence electrons. The van der Waals surface area contributed by atoms with E-state index in [9.17, 15) is 16.8 Å². The number of hydrogen-bond acceptors (Lipinski definition) is 6. The van der Waals surface area contributed by atoms with Crippen LogP contribution in [0, 0.1) is 6.92 Å². The molecule has 3 aromatic carbocycles.